The molecule has 0 bridgehead atoms. The van der Waals surface area contributed by atoms with Crippen LogP contribution in [0.1, 0.15) is 28.4 Å². The van der Waals surface area contributed by atoms with E-state index in [0.717, 1.165) is 11.1 Å². The molecule has 1 aliphatic heterocycles. The van der Waals surface area contributed by atoms with Crippen molar-refractivity contribution in [1.29, 1.82) is 0 Å². The highest BCUT2D eigenvalue weighted by molar-refractivity contribution is 6.05. The van der Waals surface area contributed by atoms with Crippen molar-refractivity contribution in [1.82, 2.24) is 14.9 Å². The second-order valence-corrected chi connectivity index (χ2v) is 6.02. The van der Waals surface area contributed by atoms with Crippen LogP contribution in [0, 0.1) is 5.82 Å². The fourth-order valence-corrected chi connectivity index (χ4v) is 3.33. The smallest absolute Gasteiger partial charge is 0.256 e. The van der Waals surface area contributed by atoms with Gasteiger partial charge in [-0.1, -0.05) is 18.2 Å². The summed E-state index contributed by atoms with van der Waals surface area (Å²) in [5.41, 5.74) is 2.71. The summed E-state index contributed by atoms with van der Waals surface area (Å²) in [6, 6.07) is 11.2. The van der Waals surface area contributed by atoms with Gasteiger partial charge in [0.1, 0.15) is 11.3 Å². The van der Waals surface area contributed by atoms with Crippen LogP contribution in [0.25, 0.3) is 11.0 Å². The van der Waals surface area contributed by atoms with Gasteiger partial charge in [-0.05, 0) is 36.2 Å². The Morgan fingerprint density at radius 3 is 2.83 bits per heavy atom. The van der Waals surface area contributed by atoms with E-state index in [-0.39, 0.29) is 24.3 Å². The number of amides is 1. The summed E-state index contributed by atoms with van der Waals surface area (Å²) in [6.45, 7) is 0.252. The molecule has 0 radical (unpaired) electrons. The predicted octanol–water partition coefficient (Wildman–Crippen LogP) is 2.65. The van der Waals surface area contributed by atoms with E-state index in [1.807, 2.05) is 6.07 Å². The van der Waals surface area contributed by atoms with Crippen molar-refractivity contribution < 1.29 is 14.3 Å². The molecule has 2 heterocycles. The number of aromatic amines is 1. The Hall–Kier alpha value is -2.73. The first-order valence-corrected chi connectivity index (χ1v) is 7.80. The molecular weight excluding hydrogens is 309 g/mol. The van der Waals surface area contributed by atoms with Crippen LogP contribution in [-0.4, -0.2) is 38.5 Å². The number of H-pyrrole nitrogens is 1. The summed E-state index contributed by atoms with van der Waals surface area (Å²) in [5.74, 6) is -0.505. The molecule has 2 atom stereocenters. The van der Waals surface area contributed by atoms with E-state index in [0.29, 0.717) is 17.5 Å². The first-order chi connectivity index (χ1) is 11.6. The van der Waals surface area contributed by atoms with Gasteiger partial charge in [0, 0.05) is 6.54 Å². The molecule has 1 fully saturated rings. The van der Waals surface area contributed by atoms with Gasteiger partial charge in [-0.3, -0.25) is 4.79 Å². The summed E-state index contributed by atoms with van der Waals surface area (Å²) in [4.78, 5) is 21.9. The fourth-order valence-electron chi connectivity index (χ4n) is 3.33. The maximum atomic E-state index is 13.2. The van der Waals surface area contributed by atoms with Crippen LogP contribution >= 0.6 is 0 Å². The number of para-hydroxylation sites is 1. The van der Waals surface area contributed by atoms with Crippen molar-refractivity contribution in [2.45, 2.75) is 18.6 Å². The number of carbonyl (C=O) groups excluding carboxylic acids is 1. The third kappa shape index (κ3) is 2.45. The van der Waals surface area contributed by atoms with Gasteiger partial charge < -0.3 is 15.0 Å². The number of imidazole rings is 1. The van der Waals surface area contributed by atoms with Crippen LogP contribution in [-0.2, 0) is 0 Å². The zero-order valence-electron chi connectivity index (χ0n) is 12.8. The Morgan fingerprint density at radius 2 is 2.04 bits per heavy atom. The van der Waals surface area contributed by atoms with Gasteiger partial charge in [0.15, 0.2) is 0 Å². The number of nitrogens with zero attached hydrogens (tertiary/aromatic N) is 2. The van der Waals surface area contributed by atoms with E-state index >= 15 is 0 Å². The number of hydrogen-bond acceptors (Lipinski definition) is 3. The number of likely N-dealkylation sites (tertiary alicyclic amines) is 1. The SMILES string of the molecule is O=C(c1cccc2[nH]cnc12)N1C[C@@H](O)C[C@@H]1c1ccc(F)cc1. The van der Waals surface area contributed by atoms with Crippen LogP contribution in [0.3, 0.4) is 0 Å². The number of fused-ring (bicyclic) bond motifs is 1. The van der Waals surface area contributed by atoms with Gasteiger partial charge in [-0.25, -0.2) is 9.37 Å². The molecule has 1 aromatic heterocycles. The van der Waals surface area contributed by atoms with Crippen molar-refractivity contribution in [3.63, 3.8) is 0 Å². The summed E-state index contributed by atoms with van der Waals surface area (Å²) in [5, 5.41) is 10.1. The monoisotopic (exact) mass is 325 g/mol. The number of benzene rings is 2. The fraction of sp³-hybridized carbons (Fsp3) is 0.222. The van der Waals surface area contributed by atoms with Crippen LogP contribution in [0.4, 0.5) is 4.39 Å². The first kappa shape index (κ1) is 14.8. The third-order valence-electron chi connectivity index (χ3n) is 4.47. The van der Waals surface area contributed by atoms with Gasteiger partial charge in [0.25, 0.3) is 5.91 Å². The van der Waals surface area contributed by atoms with Crippen molar-refractivity contribution in [3.8, 4) is 0 Å². The standard InChI is InChI=1S/C18H16FN3O2/c19-12-6-4-11(5-7-12)16-8-13(23)9-22(16)18(24)14-2-1-3-15-17(14)21-10-20-15/h1-7,10,13,16,23H,8-9H2,(H,20,21)/t13-,16+/m0/s1. The van der Waals surface area contributed by atoms with E-state index in [9.17, 15) is 14.3 Å². The number of hydrogen-bond donors (Lipinski definition) is 2. The molecule has 1 aliphatic rings. The molecule has 0 spiro atoms. The average Bonchev–Trinajstić information content (AvgIpc) is 3.21. The van der Waals surface area contributed by atoms with Crippen LogP contribution in [0.2, 0.25) is 0 Å². The molecular formula is C18H16FN3O2. The van der Waals surface area contributed by atoms with Gasteiger partial charge in [-0.2, -0.15) is 0 Å². The Labute approximate surface area is 137 Å². The highest BCUT2D eigenvalue weighted by Crippen LogP contribution is 2.34. The van der Waals surface area contributed by atoms with Crippen LogP contribution in [0.5, 0.6) is 0 Å². The minimum absolute atomic E-state index is 0.182. The summed E-state index contributed by atoms with van der Waals surface area (Å²) in [6.07, 6.45) is 1.40. The maximum absolute atomic E-state index is 13.2. The normalized spacial score (nSPS) is 20.7. The van der Waals surface area contributed by atoms with Crippen molar-refractivity contribution in [2.75, 3.05) is 6.54 Å². The quantitative estimate of drug-likeness (QED) is 0.761. The van der Waals surface area contributed by atoms with Gasteiger partial charge in [0.05, 0.1) is 29.6 Å². The number of aromatic nitrogens is 2. The first-order valence-electron chi connectivity index (χ1n) is 7.80. The lowest BCUT2D eigenvalue weighted by Crippen LogP contribution is -2.32. The number of nitrogens with one attached hydrogen (secondary N) is 1. The highest BCUT2D eigenvalue weighted by Gasteiger charge is 2.36. The molecule has 2 aromatic carbocycles. The summed E-state index contributed by atoms with van der Waals surface area (Å²) in [7, 11) is 0. The van der Waals surface area contributed by atoms with E-state index in [1.165, 1.54) is 12.1 Å². The number of aliphatic hydroxyl groups is 1. The molecule has 6 heteroatoms. The molecule has 0 saturated carbocycles. The molecule has 122 valence electrons. The average molecular weight is 325 g/mol. The zero-order chi connectivity index (χ0) is 16.7. The Balaban J connectivity index is 1.72. The molecule has 3 aromatic rings. The molecule has 4 rings (SSSR count). The second kappa shape index (κ2) is 5.72. The summed E-state index contributed by atoms with van der Waals surface area (Å²) >= 11 is 0. The largest absolute Gasteiger partial charge is 0.391 e. The molecule has 1 amide bonds. The van der Waals surface area contributed by atoms with E-state index in [4.69, 9.17) is 0 Å². The van der Waals surface area contributed by atoms with Crippen molar-refractivity contribution in [2.24, 2.45) is 0 Å². The predicted molar refractivity (Wildman–Crippen MR) is 86.9 cm³/mol. The van der Waals surface area contributed by atoms with Crippen LogP contribution in [0.15, 0.2) is 48.8 Å². The minimum Gasteiger partial charge on any atom is -0.391 e. The number of β-amino-alcohol motifs (C(OH)–C–C–N with tert-alkyl or cyclic N) is 1. The van der Waals surface area contributed by atoms with Gasteiger partial charge in [-0.15, -0.1) is 0 Å². The van der Waals surface area contributed by atoms with E-state index in [2.05, 4.69) is 9.97 Å². The number of aliphatic hydroxyl groups excluding tert-OH is 1. The molecule has 1 saturated heterocycles. The van der Waals surface area contributed by atoms with Crippen molar-refractivity contribution >= 4 is 16.9 Å². The topological polar surface area (TPSA) is 69.2 Å². The number of halogens is 1. The minimum atomic E-state index is -0.595. The summed E-state index contributed by atoms with van der Waals surface area (Å²) < 4.78 is 13.2. The van der Waals surface area contributed by atoms with Gasteiger partial charge in [0.2, 0.25) is 0 Å². The highest BCUT2D eigenvalue weighted by atomic mass is 19.1. The van der Waals surface area contributed by atoms with E-state index in [1.54, 1.807) is 35.5 Å². The van der Waals surface area contributed by atoms with Gasteiger partial charge >= 0.3 is 0 Å². The molecule has 0 unspecified atom stereocenters. The Morgan fingerprint density at radius 1 is 1.25 bits per heavy atom. The number of carbonyl (C=O) groups is 1. The molecule has 2 N–H and O–H groups in total. The van der Waals surface area contributed by atoms with Crippen LogP contribution < -0.4 is 0 Å². The third-order valence-corrected chi connectivity index (χ3v) is 4.47. The van der Waals surface area contributed by atoms with Crippen molar-refractivity contribution in [3.05, 3.63) is 65.7 Å². The Kier molecular flexibility index (Phi) is 3.54. The number of rotatable bonds is 2. The maximum Gasteiger partial charge on any atom is 0.256 e. The zero-order valence-corrected chi connectivity index (χ0v) is 12.8. The second-order valence-electron chi connectivity index (χ2n) is 6.02. The molecule has 5 nitrogen and oxygen atoms in total. The molecule has 24 heavy (non-hydrogen) atoms. The lowest BCUT2D eigenvalue weighted by atomic mass is 10.0. The lowest BCUT2D eigenvalue weighted by molar-refractivity contribution is 0.0717. The lowest BCUT2D eigenvalue weighted by Gasteiger charge is -2.25. The molecule has 0 aliphatic carbocycles. The Bertz CT molecular complexity index is 891. The van der Waals surface area contributed by atoms with E-state index < -0.39 is 6.10 Å².